The number of amides is 3. The molecule has 1 aliphatic rings. The Kier molecular flexibility index (Phi) is 4.54. The molecule has 3 amide bonds. The van der Waals surface area contributed by atoms with Crippen LogP contribution in [-0.4, -0.2) is 25.0 Å². The second-order valence-electron chi connectivity index (χ2n) is 5.14. The Morgan fingerprint density at radius 2 is 1.87 bits per heavy atom. The molecule has 1 aliphatic heterocycles. The standard InChI is InChI=1S/C17H17N3O3/c21-16(19-23-12-13-4-2-1-3-5-13)14-6-8-15(9-7-14)20-11-10-18-17(20)22/h1-9H,10-12H2,(H,18,22)(H,19,21). The Morgan fingerprint density at radius 3 is 2.52 bits per heavy atom. The number of rotatable bonds is 5. The minimum absolute atomic E-state index is 0.117. The molecule has 3 rings (SSSR count). The van der Waals surface area contributed by atoms with Gasteiger partial charge in [0.15, 0.2) is 0 Å². The molecule has 2 aromatic rings. The number of hydrogen-bond acceptors (Lipinski definition) is 3. The van der Waals surface area contributed by atoms with Gasteiger partial charge >= 0.3 is 6.03 Å². The smallest absolute Gasteiger partial charge is 0.321 e. The van der Waals surface area contributed by atoms with Crippen molar-refractivity contribution >= 4 is 17.6 Å². The number of hydrogen-bond donors (Lipinski definition) is 2. The summed E-state index contributed by atoms with van der Waals surface area (Å²) in [5.74, 6) is -0.321. The summed E-state index contributed by atoms with van der Waals surface area (Å²) in [6.45, 7) is 1.57. The Morgan fingerprint density at radius 1 is 1.13 bits per heavy atom. The number of urea groups is 1. The van der Waals surface area contributed by atoms with Crippen LogP contribution in [0.4, 0.5) is 10.5 Å². The maximum Gasteiger partial charge on any atom is 0.321 e. The highest BCUT2D eigenvalue weighted by Crippen LogP contribution is 2.17. The van der Waals surface area contributed by atoms with E-state index in [-0.39, 0.29) is 11.9 Å². The van der Waals surface area contributed by atoms with E-state index >= 15 is 0 Å². The predicted octanol–water partition coefficient (Wildman–Crippen LogP) is 2.08. The molecule has 2 N–H and O–H groups in total. The first-order chi connectivity index (χ1) is 11.2. The van der Waals surface area contributed by atoms with Crippen LogP contribution in [0.5, 0.6) is 0 Å². The summed E-state index contributed by atoms with van der Waals surface area (Å²) < 4.78 is 0. The van der Waals surface area contributed by atoms with E-state index in [0.29, 0.717) is 25.3 Å². The molecule has 0 aromatic heterocycles. The number of nitrogens with zero attached hydrogens (tertiary/aromatic N) is 1. The van der Waals surface area contributed by atoms with E-state index in [2.05, 4.69) is 10.8 Å². The summed E-state index contributed by atoms with van der Waals surface area (Å²) in [6, 6.07) is 16.3. The van der Waals surface area contributed by atoms with Gasteiger partial charge in [0.2, 0.25) is 0 Å². The molecule has 0 bridgehead atoms. The molecule has 23 heavy (non-hydrogen) atoms. The number of benzene rings is 2. The Hall–Kier alpha value is -2.86. The summed E-state index contributed by atoms with van der Waals surface area (Å²) in [4.78, 5) is 30.4. The molecular formula is C17H17N3O3. The Labute approximate surface area is 134 Å². The molecule has 0 unspecified atom stereocenters. The minimum atomic E-state index is -0.321. The van der Waals surface area contributed by atoms with Crippen molar-refractivity contribution in [3.05, 3.63) is 65.7 Å². The van der Waals surface area contributed by atoms with Crippen LogP contribution in [0.3, 0.4) is 0 Å². The lowest BCUT2D eigenvalue weighted by molar-refractivity contribution is 0.0233. The number of carbonyl (C=O) groups excluding carboxylic acids is 2. The van der Waals surface area contributed by atoms with Gasteiger partial charge in [-0.3, -0.25) is 14.5 Å². The topological polar surface area (TPSA) is 70.7 Å². The Balaban J connectivity index is 1.54. The first-order valence-corrected chi connectivity index (χ1v) is 7.35. The van der Waals surface area contributed by atoms with Gasteiger partial charge in [-0.15, -0.1) is 0 Å². The monoisotopic (exact) mass is 311 g/mol. The summed E-state index contributed by atoms with van der Waals surface area (Å²) >= 11 is 0. The zero-order valence-electron chi connectivity index (χ0n) is 12.5. The van der Waals surface area contributed by atoms with E-state index < -0.39 is 0 Å². The SMILES string of the molecule is O=C(NOCc1ccccc1)c1ccc(N2CCNC2=O)cc1. The molecule has 0 aliphatic carbocycles. The van der Waals surface area contributed by atoms with Crippen molar-refractivity contribution in [1.82, 2.24) is 10.8 Å². The molecule has 2 aromatic carbocycles. The third-order valence-corrected chi connectivity index (χ3v) is 3.54. The molecule has 118 valence electrons. The van der Waals surface area contributed by atoms with Gasteiger partial charge in [-0.05, 0) is 29.8 Å². The van der Waals surface area contributed by atoms with Crippen molar-refractivity contribution in [2.45, 2.75) is 6.61 Å². The van der Waals surface area contributed by atoms with Crippen LogP contribution < -0.4 is 15.7 Å². The van der Waals surface area contributed by atoms with Crippen molar-refractivity contribution in [3.63, 3.8) is 0 Å². The molecular weight excluding hydrogens is 294 g/mol. The normalized spacial score (nSPS) is 13.7. The molecule has 1 heterocycles. The number of nitrogens with one attached hydrogen (secondary N) is 2. The zero-order valence-corrected chi connectivity index (χ0v) is 12.5. The lowest BCUT2D eigenvalue weighted by atomic mass is 10.2. The van der Waals surface area contributed by atoms with E-state index in [0.717, 1.165) is 11.3 Å². The maximum atomic E-state index is 12.0. The largest absolute Gasteiger partial charge is 0.336 e. The zero-order chi connectivity index (χ0) is 16.1. The van der Waals surface area contributed by atoms with Crippen molar-refractivity contribution in [2.75, 3.05) is 18.0 Å². The van der Waals surface area contributed by atoms with Gasteiger partial charge in [-0.2, -0.15) is 0 Å². The van der Waals surface area contributed by atoms with E-state index in [1.165, 1.54) is 0 Å². The van der Waals surface area contributed by atoms with Crippen LogP contribution >= 0.6 is 0 Å². The van der Waals surface area contributed by atoms with E-state index in [1.807, 2.05) is 30.3 Å². The van der Waals surface area contributed by atoms with E-state index in [9.17, 15) is 9.59 Å². The summed E-state index contributed by atoms with van der Waals surface area (Å²) in [5, 5.41) is 2.74. The highest BCUT2D eigenvalue weighted by atomic mass is 16.6. The van der Waals surface area contributed by atoms with Gasteiger partial charge < -0.3 is 5.32 Å². The van der Waals surface area contributed by atoms with Crippen molar-refractivity contribution in [1.29, 1.82) is 0 Å². The van der Waals surface area contributed by atoms with Crippen LogP contribution in [-0.2, 0) is 11.4 Å². The van der Waals surface area contributed by atoms with Crippen LogP contribution in [0, 0.1) is 0 Å². The first kappa shape index (κ1) is 15.1. The van der Waals surface area contributed by atoms with Gasteiger partial charge in [0.1, 0.15) is 0 Å². The lowest BCUT2D eigenvalue weighted by Gasteiger charge is -2.14. The fourth-order valence-corrected chi connectivity index (χ4v) is 2.33. The number of anilines is 1. The molecule has 1 saturated heterocycles. The van der Waals surface area contributed by atoms with Crippen molar-refractivity contribution in [3.8, 4) is 0 Å². The third-order valence-electron chi connectivity index (χ3n) is 3.54. The molecule has 0 radical (unpaired) electrons. The number of carbonyl (C=O) groups is 2. The van der Waals surface area contributed by atoms with Gasteiger partial charge in [-0.25, -0.2) is 10.3 Å². The quantitative estimate of drug-likeness (QED) is 0.831. The number of hydroxylamine groups is 1. The third kappa shape index (κ3) is 3.67. The molecule has 0 atom stereocenters. The van der Waals surface area contributed by atoms with Gasteiger partial charge in [-0.1, -0.05) is 30.3 Å². The first-order valence-electron chi connectivity index (χ1n) is 7.35. The average molecular weight is 311 g/mol. The minimum Gasteiger partial charge on any atom is -0.336 e. The molecule has 0 saturated carbocycles. The second kappa shape index (κ2) is 6.93. The molecule has 1 fully saturated rings. The fraction of sp³-hybridized carbons (Fsp3) is 0.176. The van der Waals surface area contributed by atoms with E-state index in [1.54, 1.807) is 29.2 Å². The van der Waals surface area contributed by atoms with Gasteiger partial charge in [0.05, 0.1) is 6.61 Å². The molecule has 6 nitrogen and oxygen atoms in total. The summed E-state index contributed by atoms with van der Waals surface area (Å²) in [5.41, 5.74) is 4.63. The van der Waals surface area contributed by atoms with Gasteiger partial charge in [0.25, 0.3) is 5.91 Å². The highest BCUT2D eigenvalue weighted by molar-refractivity contribution is 5.96. The van der Waals surface area contributed by atoms with Crippen LogP contribution in [0.15, 0.2) is 54.6 Å². The Bertz CT molecular complexity index is 686. The highest BCUT2D eigenvalue weighted by Gasteiger charge is 2.21. The van der Waals surface area contributed by atoms with Gasteiger partial charge in [0, 0.05) is 24.3 Å². The maximum absolute atomic E-state index is 12.0. The molecule has 0 spiro atoms. The van der Waals surface area contributed by atoms with Crippen LogP contribution in [0.2, 0.25) is 0 Å². The summed E-state index contributed by atoms with van der Waals surface area (Å²) in [6.07, 6.45) is 0. The summed E-state index contributed by atoms with van der Waals surface area (Å²) in [7, 11) is 0. The average Bonchev–Trinajstić information content (AvgIpc) is 3.02. The van der Waals surface area contributed by atoms with Crippen LogP contribution in [0.1, 0.15) is 15.9 Å². The fourth-order valence-electron chi connectivity index (χ4n) is 2.33. The molecule has 6 heteroatoms. The van der Waals surface area contributed by atoms with E-state index in [4.69, 9.17) is 4.84 Å². The lowest BCUT2D eigenvalue weighted by Crippen LogP contribution is -2.28. The second-order valence-corrected chi connectivity index (χ2v) is 5.14. The van der Waals surface area contributed by atoms with Crippen molar-refractivity contribution in [2.24, 2.45) is 0 Å². The van der Waals surface area contributed by atoms with Crippen LogP contribution in [0.25, 0.3) is 0 Å². The predicted molar refractivity (Wildman–Crippen MR) is 85.9 cm³/mol. The van der Waals surface area contributed by atoms with Crippen molar-refractivity contribution < 1.29 is 14.4 Å².